The molecule has 2 aromatic rings. The first kappa shape index (κ1) is 13.7. The average Bonchev–Trinajstić information content (AvgIpc) is 2.39. The quantitative estimate of drug-likeness (QED) is 0.553. The Kier molecular flexibility index (Phi) is 4.21. The second-order valence-corrected chi connectivity index (χ2v) is 5.99. The van der Waals surface area contributed by atoms with E-state index in [-0.39, 0.29) is 5.56 Å². The molecule has 0 bridgehead atoms. The van der Waals surface area contributed by atoms with Crippen LogP contribution >= 0.6 is 35.0 Å². The Morgan fingerprint density at radius 3 is 2.17 bits per heavy atom. The molecule has 0 N–H and O–H groups in total. The number of rotatable bonds is 3. The maximum atomic E-state index is 13.7. The minimum absolute atomic E-state index is 0.269. The van der Waals surface area contributed by atoms with E-state index in [2.05, 4.69) is 0 Å². The molecule has 0 aliphatic carbocycles. The fourth-order valence-electron chi connectivity index (χ4n) is 1.67. The van der Waals surface area contributed by atoms with Crippen LogP contribution in [0.25, 0.3) is 0 Å². The molecular formula is C14H11Cl2FS. The van der Waals surface area contributed by atoms with E-state index in [9.17, 15) is 4.39 Å². The molecule has 0 fully saturated rings. The Morgan fingerprint density at radius 2 is 1.61 bits per heavy atom. The van der Waals surface area contributed by atoms with Gasteiger partial charge in [-0.25, -0.2) is 4.39 Å². The third-order valence-corrected chi connectivity index (χ3v) is 4.25. The van der Waals surface area contributed by atoms with Crippen LogP contribution in [-0.4, -0.2) is 6.26 Å². The van der Waals surface area contributed by atoms with Crippen molar-refractivity contribution < 1.29 is 4.39 Å². The van der Waals surface area contributed by atoms with Gasteiger partial charge in [-0.15, -0.1) is 11.8 Å². The lowest BCUT2D eigenvalue weighted by Gasteiger charge is -2.21. The predicted octanol–water partition coefficient (Wildman–Crippen LogP) is 5.23. The molecule has 18 heavy (non-hydrogen) atoms. The Morgan fingerprint density at radius 1 is 1.00 bits per heavy atom. The fraction of sp³-hybridized carbons (Fsp3) is 0.143. The van der Waals surface area contributed by atoms with E-state index in [1.165, 1.54) is 6.07 Å². The Labute approximate surface area is 120 Å². The number of hydrogen-bond acceptors (Lipinski definition) is 1. The summed E-state index contributed by atoms with van der Waals surface area (Å²) < 4.78 is 12.4. The van der Waals surface area contributed by atoms with Crippen molar-refractivity contribution in [3.8, 4) is 0 Å². The maximum absolute atomic E-state index is 13.7. The highest BCUT2D eigenvalue weighted by Crippen LogP contribution is 2.42. The summed E-state index contributed by atoms with van der Waals surface area (Å²) in [6.07, 6.45) is 1.99. The Balaban J connectivity index is 2.44. The van der Waals surface area contributed by atoms with Gasteiger partial charge in [-0.3, -0.25) is 0 Å². The number of hydrogen-bond donors (Lipinski definition) is 0. The molecule has 0 aliphatic rings. The van der Waals surface area contributed by atoms with Gasteiger partial charge in [-0.05, 0) is 30.0 Å². The number of alkyl halides is 2. The van der Waals surface area contributed by atoms with Gasteiger partial charge in [-0.1, -0.05) is 53.5 Å². The summed E-state index contributed by atoms with van der Waals surface area (Å²) in [5.74, 6) is -0.406. The van der Waals surface area contributed by atoms with E-state index in [1.54, 1.807) is 30.0 Å². The molecule has 0 unspecified atom stereocenters. The lowest BCUT2D eigenvalue weighted by atomic mass is 10.0. The van der Waals surface area contributed by atoms with E-state index in [0.29, 0.717) is 5.56 Å². The summed E-state index contributed by atoms with van der Waals surface area (Å²) in [5, 5.41) is 0. The van der Waals surface area contributed by atoms with Crippen LogP contribution < -0.4 is 0 Å². The second kappa shape index (κ2) is 5.52. The van der Waals surface area contributed by atoms with Crippen molar-refractivity contribution in [2.45, 2.75) is 9.23 Å². The zero-order valence-electron chi connectivity index (χ0n) is 9.66. The largest absolute Gasteiger partial charge is 0.207 e. The number of thioether (sulfide) groups is 1. The lowest BCUT2D eigenvalue weighted by Crippen LogP contribution is -2.14. The van der Waals surface area contributed by atoms with Gasteiger partial charge in [0.25, 0.3) is 0 Å². The molecule has 0 heterocycles. The van der Waals surface area contributed by atoms with Crippen LogP contribution in [0.1, 0.15) is 11.1 Å². The van der Waals surface area contributed by atoms with Gasteiger partial charge in [0.05, 0.1) is 0 Å². The van der Waals surface area contributed by atoms with Crippen molar-refractivity contribution in [1.29, 1.82) is 0 Å². The van der Waals surface area contributed by atoms with E-state index in [1.807, 2.05) is 30.5 Å². The highest BCUT2D eigenvalue weighted by molar-refractivity contribution is 7.98. The van der Waals surface area contributed by atoms with Gasteiger partial charge in [0, 0.05) is 10.5 Å². The van der Waals surface area contributed by atoms with Crippen LogP contribution in [0.4, 0.5) is 4.39 Å². The zero-order chi connectivity index (χ0) is 13.2. The minimum Gasteiger partial charge on any atom is -0.207 e. The topological polar surface area (TPSA) is 0 Å². The monoisotopic (exact) mass is 300 g/mol. The molecular weight excluding hydrogens is 290 g/mol. The normalized spacial score (nSPS) is 11.6. The lowest BCUT2D eigenvalue weighted by molar-refractivity contribution is 0.608. The van der Waals surface area contributed by atoms with Gasteiger partial charge in [0.2, 0.25) is 0 Å². The third kappa shape index (κ3) is 2.66. The molecule has 4 heteroatoms. The average molecular weight is 301 g/mol. The van der Waals surface area contributed by atoms with Crippen LogP contribution in [0, 0.1) is 5.82 Å². The molecule has 0 aromatic heterocycles. The van der Waals surface area contributed by atoms with Crippen molar-refractivity contribution in [2.24, 2.45) is 0 Å². The molecule has 0 spiro atoms. The summed E-state index contributed by atoms with van der Waals surface area (Å²) in [6.45, 7) is 0. The highest BCUT2D eigenvalue weighted by Gasteiger charge is 2.31. The Hall–Kier alpha value is -0.700. The fourth-order valence-corrected chi connectivity index (χ4v) is 2.64. The van der Waals surface area contributed by atoms with Crippen molar-refractivity contribution in [1.82, 2.24) is 0 Å². The second-order valence-electron chi connectivity index (χ2n) is 3.78. The summed E-state index contributed by atoms with van der Waals surface area (Å²) >= 11 is 14.2. The van der Waals surface area contributed by atoms with Crippen LogP contribution in [0.5, 0.6) is 0 Å². The summed E-state index contributed by atoms with van der Waals surface area (Å²) in [7, 11) is 0. The number of halogens is 3. The van der Waals surface area contributed by atoms with Gasteiger partial charge in [0.15, 0.2) is 4.33 Å². The molecule has 94 valence electrons. The molecule has 0 saturated carbocycles. The van der Waals surface area contributed by atoms with E-state index < -0.39 is 10.2 Å². The van der Waals surface area contributed by atoms with E-state index in [4.69, 9.17) is 23.2 Å². The molecule has 2 aromatic carbocycles. The zero-order valence-corrected chi connectivity index (χ0v) is 12.0. The standard InChI is InChI=1S/C14H11Cl2FS/c1-18-11-8-6-10(7-9-11)14(15,16)12-4-2-3-5-13(12)17/h2-9H,1H3. The summed E-state index contributed by atoms with van der Waals surface area (Å²) in [6, 6.07) is 13.7. The first-order chi connectivity index (χ1) is 8.55. The smallest absolute Gasteiger partial charge is 0.170 e. The van der Waals surface area contributed by atoms with Gasteiger partial charge < -0.3 is 0 Å². The maximum Gasteiger partial charge on any atom is 0.170 e. The van der Waals surface area contributed by atoms with Crippen molar-refractivity contribution in [3.63, 3.8) is 0 Å². The van der Waals surface area contributed by atoms with Crippen LogP contribution in [-0.2, 0) is 4.33 Å². The summed E-state index contributed by atoms with van der Waals surface area (Å²) in [4.78, 5) is 1.11. The third-order valence-electron chi connectivity index (χ3n) is 2.66. The van der Waals surface area contributed by atoms with Gasteiger partial charge >= 0.3 is 0 Å². The van der Waals surface area contributed by atoms with E-state index in [0.717, 1.165) is 4.90 Å². The van der Waals surface area contributed by atoms with Crippen LogP contribution in [0.15, 0.2) is 53.4 Å². The highest BCUT2D eigenvalue weighted by atomic mass is 35.5. The molecule has 2 rings (SSSR count). The molecule has 0 amide bonds. The van der Waals surface area contributed by atoms with Crippen molar-refractivity contribution in [2.75, 3.05) is 6.26 Å². The van der Waals surface area contributed by atoms with Crippen molar-refractivity contribution >= 4 is 35.0 Å². The van der Waals surface area contributed by atoms with Crippen molar-refractivity contribution in [3.05, 3.63) is 65.5 Å². The van der Waals surface area contributed by atoms with Crippen LogP contribution in [0.3, 0.4) is 0 Å². The van der Waals surface area contributed by atoms with Gasteiger partial charge in [0.1, 0.15) is 5.82 Å². The first-order valence-electron chi connectivity index (χ1n) is 5.33. The molecule has 0 nitrogen and oxygen atoms in total. The number of benzene rings is 2. The molecule has 0 radical (unpaired) electrons. The summed E-state index contributed by atoms with van der Waals surface area (Å²) in [5.41, 5.74) is 0.930. The van der Waals surface area contributed by atoms with E-state index >= 15 is 0 Å². The molecule has 0 atom stereocenters. The predicted molar refractivity (Wildman–Crippen MR) is 77.1 cm³/mol. The SMILES string of the molecule is CSc1ccc(C(Cl)(Cl)c2ccccc2F)cc1. The first-order valence-corrected chi connectivity index (χ1v) is 7.31. The minimum atomic E-state index is -1.37. The van der Waals surface area contributed by atoms with Crippen LogP contribution in [0.2, 0.25) is 0 Å². The molecule has 0 saturated heterocycles. The Bertz CT molecular complexity index is 538. The van der Waals surface area contributed by atoms with Gasteiger partial charge in [-0.2, -0.15) is 0 Å². The molecule has 0 aliphatic heterocycles.